The van der Waals surface area contributed by atoms with E-state index in [9.17, 15) is 8.42 Å². The van der Waals surface area contributed by atoms with E-state index in [1.165, 1.54) is 11.3 Å². The minimum atomic E-state index is -3.35. The quantitative estimate of drug-likeness (QED) is 0.712. The van der Waals surface area contributed by atoms with Crippen molar-refractivity contribution in [2.24, 2.45) is 0 Å². The first-order valence-electron chi connectivity index (χ1n) is 7.73. The molecular weight excluding hydrogens is 346 g/mol. The van der Waals surface area contributed by atoms with Gasteiger partial charge in [0.05, 0.1) is 6.54 Å². The van der Waals surface area contributed by atoms with Gasteiger partial charge in [0.2, 0.25) is 5.89 Å². The number of benzene rings is 1. The lowest BCUT2D eigenvalue weighted by Gasteiger charge is -2.32. The van der Waals surface area contributed by atoms with E-state index in [1.807, 2.05) is 24.3 Å². The summed E-state index contributed by atoms with van der Waals surface area (Å²) in [5, 5.41) is 1.79. The highest BCUT2D eigenvalue weighted by Gasteiger charge is 2.29. The van der Waals surface area contributed by atoms with E-state index in [4.69, 9.17) is 4.42 Å². The standard InChI is InChI=1S/C16H17N3O3S2/c20-24(21,16-6-3-11-23-16)19-9-7-18(8-10-19)12-15-17-13-4-1-2-5-14(13)22-15/h1-6,11H,7-10,12H2. The van der Waals surface area contributed by atoms with Gasteiger partial charge in [0.1, 0.15) is 9.73 Å². The van der Waals surface area contributed by atoms with Gasteiger partial charge in [0.25, 0.3) is 10.0 Å². The van der Waals surface area contributed by atoms with Gasteiger partial charge in [-0.15, -0.1) is 11.3 Å². The van der Waals surface area contributed by atoms with E-state index in [-0.39, 0.29) is 0 Å². The van der Waals surface area contributed by atoms with Gasteiger partial charge >= 0.3 is 0 Å². The van der Waals surface area contributed by atoms with Crippen LogP contribution in [0.25, 0.3) is 11.1 Å². The summed E-state index contributed by atoms with van der Waals surface area (Å²) < 4.78 is 32.7. The van der Waals surface area contributed by atoms with Crippen LogP contribution in [0.3, 0.4) is 0 Å². The summed E-state index contributed by atoms with van der Waals surface area (Å²) in [6.45, 7) is 2.91. The number of rotatable bonds is 4. The Morgan fingerprint density at radius 2 is 1.88 bits per heavy atom. The molecule has 0 spiro atoms. The molecule has 3 aromatic rings. The largest absolute Gasteiger partial charge is 0.439 e. The molecule has 0 radical (unpaired) electrons. The zero-order valence-electron chi connectivity index (χ0n) is 13.0. The van der Waals surface area contributed by atoms with Crippen LogP contribution in [0, 0.1) is 0 Å². The third-order valence-corrected chi connectivity index (χ3v) is 7.39. The van der Waals surface area contributed by atoms with Crippen LogP contribution >= 0.6 is 11.3 Å². The first-order valence-corrected chi connectivity index (χ1v) is 10.1. The maximum Gasteiger partial charge on any atom is 0.252 e. The fourth-order valence-corrected chi connectivity index (χ4v) is 5.41. The highest BCUT2D eigenvalue weighted by Crippen LogP contribution is 2.23. The molecule has 8 heteroatoms. The highest BCUT2D eigenvalue weighted by molar-refractivity contribution is 7.91. The third kappa shape index (κ3) is 2.98. The van der Waals surface area contributed by atoms with Crippen molar-refractivity contribution >= 4 is 32.5 Å². The summed E-state index contributed by atoms with van der Waals surface area (Å²) in [6, 6.07) is 11.1. The minimum Gasteiger partial charge on any atom is -0.439 e. The SMILES string of the molecule is O=S(=O)(c1cccs1)N1CCN(Cc2nc3ccccc3o2)CC1. The first-order chi connectivity index (χ1) is 11.6. The lowest BCUT2D eigenvalue weighted by molar-refractivity contribution is 0.169. The van der Waals surface area contributed by atoms with E-state index in [0.29, 0.717) is 42.8 Å². The van der Waals surface area contributed by atoms with Crippen molar-refractivity contribution in [1.29, 1.82) is 0 Å². The topological polar surface area (TPSA) is 66.7 Å². The number of piperazine rings is 1. The molecule has 0 atom stereocenters. The Bertz CT molecular complexity index is 894. The Hall–Kier alpha value is -1.74. The van der Waals surface area contributed by atoms with Crippen molar-refractivity contribution in [3.05, 3.63) is 47.7 Å². The molecule has 0 saturated carbocycles. The average Bonchev–Trinajstić information content (AvgIpc) is 3.25. The van der Waals surface area contributed by atoms with Crippen LogP contribution in [0.5, 0.6) is 0 Å². The Morgan fingerprint density at radius 1 is 1.08 bits per heavy atom. The second kappa shape index (κ2) is 6.29. The number of aromatic nitrogens is 1. The van der Waals surface area contributed by atoms with Gasteiger partial charge in [-0.2, -0.15) is 4.31 Å². The number of hydrogen-bond donors (Lipinski definition) is 0. The van der Waals surface area contributed by atoms with E-state index < -0.39 is 10.0 Å². The summed E-state index contributed by atoms with van der Waals surface area (Å²) in [6.07, 6.45) is 0. The van der Waals surface area contributed by atoms with Crippen LogP contribution in [0.15, 0.2) is 50.4 Å². The second-order valence-corrected chi connectivity index (χ2v) is 8.80. The number of hydrogen-bond acceptors (Lipinski definition) is 6. The van der Waals surface area contributed by atoms with Crippen molar-refractivity contribution in [3.8, 4) is 0 Å². The first kappa shape index (κ1) is 15.8. The summed E-state index contributed by atoms with van der Waals surface area (Å²) >= 11 is 1.26. The van der Waals surface area contributed by atoms with E-state index in [2.05, 4.69) is 9.88 Å². The lowest BCUT2D eigenvalue weighted by Crippen LogP contribution is -2.48. The molecule has 2 aromatic heterocycles. The maximum absolute atomic E-state index is 12.5. The third-order valence-electron chi connectivity index (χ3n) is 4.12. The summed E-state index contributed by atoms with van der Waals surface area (Å²) in [4.78, 5) is 6.65. The average molecular weight is 363 g/mol. The molecule has 3 heterocycles. The normalized spacial score (nSPS) is 17.5. The molecule has 1 aliphatic rings. The molecule has 1 aliphatic heterocycles. The zero-order chi connectivity index (χ0) is 16.6. The van der Waals surface area contributed by atoms with Gasteiger partial charge in [-0.05, 0) is 23.6 Å². The van der Waals surface area contributed by atoms with E-state index in [0.717, 1.165) is 11.1 Å². The fourth-order valence-electron chi connectivity index (χ4n) is 2.84. The van der Waals surface area contributed by atoms with Crippen LogP contribution in [0.1, 0.15) is 5.89 Å². The van der Waals surface area contributed by atoms with Crippen molar-refractivity contribution in [2.45, 2.75) is 10.8 Å². The Labute approximate surface area is 144 Å². The molecule has 0 N–H and O–H groups in total. The van der Waals surface area contributed by atoms with Crippen LogP contribution < -0.4 is 0 Å². The number of nitrogens with zero attached hydrogens (tertiary/aromatic N) is 3. The molecule has 0 aliphatic carbocycles. The van der Waals surface area contributed by atoms with Crippen molar-refractivity contribution in [1.82, 2.24) is 14.2 Å². The Balaban J connectivity index is 1.41. The minimum absolute atomic E-state index is 0.412. The fraction of sp³-hybridized carbons (Fsp3) is 0.312. The van der Waals surface area contributed by atoms with Crippen LogP contribution in [0.2, 0.25) is 0 Å². The van der Waals surface area contributed by atoms with Gasteiger partial charge in [-0.25, -0.2) is 13.4 Å². The smallest absolute Gasteiger partial charge is 0.252 e. The van der Waals surface area contributed by atoms with Gasteiger partial charge in [-0.3, -0.25) is 4.90 Å². The van der Waals surface area contributed by atoms with Gasteiger partial charge in [0, 0.05) is 26.2 Å². The van der Waals surface area contributed by atoms with Gasteiger partial charge < -0.3 is 4.42 Å². The number of sulfonamides is 1. The molecule has 126 valence electrons. The van der Waals surface area contributed by atoms with Crippen molar-refractivity contribution < 1.29 is 12.8 Å². The molecular formula is C16H17N3O3S2. The van der Waals surface area contributed by atoms with Crippen LogP contribution in [-0.4, -0.2) is 48.8 Å². The van der Waals surface area contributed by atoms with Crippen molar-refractivity contribution in [2.75, 3.05) is 26.2 Å². The zero-order valence-corrected chi connectivity index (χ0v) is 14.6. The Kier molecular flexibility index (Phi) is 4.13. The molecule has 0 bridgehead atoms. The van der Waals surface area contributed by atoms with Gasteiger partial charge in [0.15, 0.2) is 5.58 Å². The molecule has 1 saturated heterocycles. The molecule has 1 fully saturated rings. The number of thiophene rings is 1. The second-order valence-electron chi connectivity index (χ2n) is 5.69. The van der Waals surface area contributed by atoms with E-state index >= 15 is 0 Å². The monoisotopic (exact) mass is 363 g/mol. The number of para-hydroxylation sites is 2. The van der Waals surface area contributed by atoms with Crippen molar-refractivity contribution in [3.63, 3.8) is 0 Å². The molecule has 1 aromatic carbocycles. The van der Waals surface area contributed by atoms with Gasteiger partial charge in [-0.1, -0.05) is 18.2 Å². The number of fused-ring (bicyclic) bond motifs is 1. The summed E-state index contributed by atoms with van der Waals surface area (Å²) in [7, 11) is -3.35. The van der Waals surface area contributed by atoms with Crippen LogP contribution in [0.4, 0.5) is 0 Å². The molecule has 6 nitrogen and oxygen atoms in total. The maximum atomic E-state index is 12.5. The molecule has 4 rings (SSSR count). The Morgan fingerprint density at radius 3 is 2.58 bits per heavy atom. The predicted octanol–water partition coefficient (Wildman–Crippen LogP) is 2.40. The summed E-state index contributed by atoms with van der Waals surface area (Å²) in [5.74, 6) is 0.672. The number of oxazole rings is 1. The molecule has 0 unspecified atom stereocenters. The molecule has 24 heavy (non-hydrogen) atoms. The summed E-state index contributed by atoms with van der Waals surface area (Å²) in [5.41, 5.74) is 1.64. The van der Waals surface area contributed by atoms with E-state index in [1.54, 1.807) is 21.8 Å². The van der Waals surface area contributed by atoms with Crippen LogP contribution in [-0.2, 0) is 16.6 Å². The molecule has 0 amide bonds. The lowest BCUT2D eigenvalue weighted by atomic mass is 10.3. The highest BCUT2D eigenvalue weighted by atomic mass is 32.2. The predicted molar refractivity (Wildman–Crippen MR) is 92.4 cm³/mol.